The van der Waals surface area contributed by atoms with Gasteiger partial charge in [-0.2, -0.15) is 5.26 Å². The molecule has 3 rings (SSSR count). The van der Waals surface area contributed by atoms with E-state index in [1.165, 1.54) is 23.1 Å². The van der Waals surface area contributed by atoms with E-state index in [-0.39, 0.29) is 24.4 Å². The van der Waals surface area contributed by atoms with Crippen LogP contribution in [0.1, 0.15) is 24.8 Å². The number of pyridine rings is 1. The quantitative estimate of drug-likeness (QED) is 0.612. The lowest BCUT2D eigenvalue weighted by molar-refractivity contribution is 0.175. The zero-order valence-electron chi connectivity index (χ0n) is 18.7. The van der Waals surface area contributed by atoms with Gasteiger partial charge in [0.05, 0.1) is 37.1 Å². The third-order valence-corrected chi connectivity index (χ3v) is 5.42. The lowest BCUT2D eigenvalue weighted by atomic mass is 9.96. The first-order chi connectivity index (χ1) is 16.0. The molecule has 2 atom stereocenters. The van der Waals surface area contributed by atoms with Gasteiger partial charge in [0.25, 0.3) is 0 Å². The Morgan fingerprint density at radius 1 is 1.30 bits per heavy atom. The number of nitrogens with one attached hydrogen (secondary N) is 1. The summed E-state index contributed by atoms with van der Waals surface area (Å²) < 4.78 is 10.4. The van der Waals surface area contributed by atoms with Crippen LogP contribution in [0.5, 0.6) is 5.88 Å². The standard InChI is InChI=1S/C23H28N6O4/c1-16-15-28(22(30)33-21-6-3-4-11-27-21)20-12-17(18(13-25)14-26-10-5-9-24)7-8-19(20)29(16)23(31)32-2/h3-4,6-8,11-12,16,18,26H,5,10,13-15,25H2,1-2H3/t16-,18?/m0/s1. The zero-order valence-corrected chi connectivity index (χ0v) is 18.7. The molecular weight excluding hydrogens is 424 g/mol. The van der Waals surface area contributed by atoms with Gasteiger partial charge in [-0.1, -0.05) is 12.1 Å². The Hall–Kier alpha value is -3.68. The molecule has 2 aromatic rings. The molecule has 0 radical (unpaired) electrons. The van der Waals surface area contributed by atoms with Crippen molar-refractivity contribution in [2.45, 2.75) is 25.3 Å². The van der Waals surface area contributed by atoms with Crippen LogP contribution in [0.4, 0.5) is 21.0 Å². The number of nitrogens with zero attached hydrogens (tertiary/aromatic N) is 4. The zero-order chi connectivity index (χ0) is 23.8. The van der Waals surface area contributed by atoms with E-state index >= 15 is 0 Å². The molecular formula is C23H28N6O4. The number of anilines is 2. The number of methoxy groups -OCH3 is 1. The van der Waals surface area contributed by atoms with Crippen LogP contribution in [-0.4, -0.2) is 56.5 Å². The lowest BCUT2D eigenvalue weighted by Gasteiger charge is -2.40. The summed E-state index contributed by atoms with van der Waals surface area (Å²) in [7, 11) is 1.32. The van der Waals surface area contributed by atoms with Gasteiger partial charge in [0, 0.05) is 44.2 Å². The second kappa shape index (κ2) is 11.3. The second-order valence-electron chi connectivity index (χ2n) is 7.63. The molecule has 0 bridgehead atoms. The van der Waals surface area contributed by atoms with Gasteiger partial charge < -0.3 is 20.5 Å². The number of fused-ring (bicyclic) bond motifs is 1. The molecule has 174 valence electrons. The fourth-order valence-electron chi connectivity index (χ4n) is 3.76. The Morgan fingerprint density at radius 3 is 2.79 bits per heavy atom. The van der Waals surface area contributed by atoms with E-state index in [4.69, 9.17) is 20.5 Å². The maximum absolute atomic E-state index is 13.1. The molecule has 2 amide bonds. The van der Waals surface area contributed by atoms with Crippen LogP contribution in [0.2, 0.25) is 0 Å². The van der Waals surface area contributed by atoms with Gasteiger partial charge in [0.15, 0.2) is 0 Å². The number of amides is 2. The SMILES string of the molecule is COC(=O)N1c2ccc(C(CN)CNCCC#N)cc2N(C(=O)Oc2ccccn2)C[C@@H]1C. The second-order valence-corrected chi connectivity index (χ2v) is 7.63. The molecule has 1 aliphatic heterocycles. The largest absolute Gasteiger partial charge is 0.452 e. The average Bonchev–Trinajstić information content (AvgIpc) is 2.83. The summed E-state index contributed by atoms with van der Waals surface area (Å²) >= 11 is 0. The monoisotopic (exact) mass is 452 g/mol. The number of carbonyl (C=O) groups excluding carboxylic acids is 2. The molecule has 3 N–H and O–H groups in total. The van der Waals surface area contributed by atoms with E-state index in [0.29, 0.717) is 37.4 Å². The summed E-state index contributed by atoms with van der Waals surface area (Å²) in [5.74, 6) is 0.137. The molecule has 10 heteroatoms. The number of benzene rings is 1. The number of aromatic nitrogens is 1. The summed E-state index contributed by atoms with van der Waals surface area (Å²) in [4.78, 5) is 32.6. The Bertz CT molecular complexity index is 1010. The van der Waals surface area contributed by atoms with E-state index in [0.717, 1.165) is 5.56 Å². The smallest absolute Gasteiger partial charge is 0.421 e. The van der Waals surface area contributed by atoms with Crippen molar-refractivity contribution in [1.82, 2.24) is 10.3 Å². The lowest BCUT2D eigenvalue weighted by Crippen LogP contribution is -2.52. The highest BCUT2D eigenvalue weighted by Gasteiger charge is 2.37. The van der Waals surface area contributed by atoms with Crippen LogP contribution in [0, 0.1) is 11.3 Å². The number of rotatable bonds is 7. The first kappa shape index (κ1) is 24.0. The highest BCUT2D eigenvalue weighted by Crippen LogP contribution is 2.38. The van der Waals surface area contributed by atoms with Crippen molar-refractivity contribution in [1.29, 1.82) is 5.26 Å². The van der Waals surface area contributed by atoms with Crippen LogP contribution in [0.3, 0.4) is 0 Å². The summed E-state index contributed by atoms with van der Waals surface area (Å²) in [6, 6.07) is 12.3. The maximum atomic E-state index is 13.1. The highest BCUT2D eigenvalue weighted by molar-refractivity contribution is 6.01. The Balaban J connectivity index is 1.95. The van der Waals surface area contributed by atoms with Crippen molar-refractivity contribution < 1.29 is 19.1 Å². The van der Waals surface area contributed by atoms with Gasteiger partial charge in [0.1, 0.15) is 0 Å². The first-order valence-electron chi connectivity index (χ1n) is 10.7. The highest BCUT2D eigenvalue weighted by atomic mass is 16.6. The predicted molar refractivity (Wildman–Crippen MR) is 123 cm³/mol. The van der Waals surface area contributed by atoms with Crippen LogP contribution < -0.4 is 25.6 Å². The molecule has 1 aliphatic rings. The van der Waals surface area contributed by atoms with Crippen LogP contribution >= 0.6 is 0 Å². The fraction of sp³-hybridized carbons (Fsp3) is 0.391. The molecule has 1 aromatic carbocycles. The first-order valence-corrected chi connectivity index (χ1v) is 10.7. The van der Waals surface area contributed by atoms with E-state index in [1.807, 2.05) is 19.1 Å². The van der Waals surface area contributed by atoms with Crippen molar-refractivity contribution in [3.63, 3.8) is 0 Å². The molecule has 0 aliphatic carbocycles. The van der Waals surface area contributed by atoms with E-state index in [9.17, 15) is 9.59 Å². The number of nitrogens with two attached hydrogens (primary N) is 1. The Morgan fingerprint density at radius 2 is 2.12 bits per heavy atom. The van der Waals surface area contributed by atoms with Gasteiger partial charge >= 0.3 is 12.2 Å². The number of hydrogen-bond acceptors (Lipinski definition) is 8. The molecule has 0 spiro atoms. The summed E-state index contributed by atoms with van der Waals surface area (Å²) in [5, 5.41) is 12.0. The minimum absolute atomic E-state index is 0.0476. The average molecular weight is 453 g/mol. The van der Waals surface area contributed by atoms with Crippen molar-refractivity contribution in [3.8, 4) is 11.9 Å². The van der Waals surface area contributed by atoms with Gasteiger partial charge in [0.2, 0.25) is 5.88 Å². The number of carbonyl (C=O) groups is 2. The molecule has 33 heavy (non-hydrogen) atoms. The Labute approximate surface area is 192 Å². The molecule has 1 aromatic heterocycles. The minimum atomic E-state index is -0.597. The van der Waals surface area contributed by atoms with E-state index in [2.05, 4.69) is 16.4 Å². The van der Waals surface area contributed by atoms with Crippen LogP contribution in [0.15, 0.2) is 42.6 Å². The number of nitriles is 1. The third kappa shape index (κ3) is 5.58. The topological polar surface area (TPSA) is 134 Å². The van der Waals surface area contributed by atoms with E-state index in [1.54, 1.807) is 24.3 Å². The molecule has 2 heterocycles. The van der Waals surface area contributed by atoms with Crippen molar-refractivity contribution >= 4 is 23.6 Å². The molecule has 0 saturated carbocycles. The fourth-order valence-corrected chi connectivity index (χ4v) is 3.76. The van der Waals surface area contributed by atoms with Gasteiger partial charge in [-0.25, -0.2) is 14.6 Å². The number of ether oxygens (including phenoxy) is 2. The van der Waals surface area contributed by atoms with Crippen LogP contribution in [0.25, 0.3) is 0 Å². The molecule has 10 nitrogen and oxygen atoms in total. The van der Waals surface area contributed by atoms with Gasteiger partial charge in [-0.05, 0) is 30.7 Å². The van der Waals surface area contributed by atoms with Gasteiger partial charge in [-0.3, -0.25) is 9.80 Å². The van der Waals surface area contributed by atoms with Crippen molar-refractivity contribution in [2.75, 3.05) is 43.1 Å². The van der Waals surface area contributed by atoms with Crippen LogP contribution in [-0.2, 0) is 4.74 Å². The molecule has 0 saturated heterocycles. The summed E-state index contributed by atoms with van der Waals surface area (Å²) in [5.41, 5.74) is 7.97. The van der Waals surface area contributed by atoms with E-state index < -0.39 is 12.2 Å². The maximum Gasteiger partial charge on any atom is 0.421 e. The predicted octanol–water partition coefficient (Wildman–Crippen LogP) is 2.61. The third-order valence-electron chi connectivity index (χ3n) is 5.42. The van der Waals surface area contributed by atoms with Crippen molar-refractivity contribution in [2.24, 2.45) is 5.73 Å². The van der Waals surface area contributed by atoms with Gasteiger partial charge in [-0.15, -0.1) is 0 Å². The van der Waals surface area contributed by atoms with Crippen molar-refractivity contribution in [3.05, 3.63) is 48.2 Å². The summed E-state index contributed by atoms with van der Waals surface area (Å²) in [6.45, 7) is 3.55. The minimum Gasteiger partial charge on any atom is -0.452 e. The molecule has 0 fully saturated rings. The molecule has 1 unspecified atom stereocenters. The normalized spacial score (nSPS) is 15.9. The number of hydrogen-bond donors (Lipinski definition) is 2. The Kier molecular flexibility index (Phi) is 8.18. The summed E-state index contributed by atoms with van der Waals surface area (Å²) in [6.07, 6.45) is 0.834.